The van der Waals surface area contributed by atoms with E-state index in [0.29, 0.717) is 5.56 Å². The topological polar surface area (TPSA) is 12.9 Å². The minimum Gasteiger partial charge on any atom is -0.225 e. The van der Waals surface area contributed by atoms with Gasteiger partial charge in [-0.15, -0.1) is 0 Å². The Balaban J connectivity index is 2.38. The standard InChI is InChI=1S/C13H11F2N/c1-2-9-3-5-10(6-4-9)11-7-12(14)13(15)16-8-11/h3-8H,2H2,1H3. The molecule has 1 nitrogen and oxygen atoms in total. The highest BCUT2D eigenvalue weighted by atomic mass is 19.2. The highest BCUT2D eigenvalue weighted by molar-refractivity contribution is 5.62. The van der Waals surface area contributed by atoms with E-state index in [1.54, 1.807) is 0 Å². The van der Waals surface area contributed by atoms with E-state index in [0.717, 1.165) is 18.1 Å². The van der Waals surface area contributed by atoms with Crippen LogP contribution in [0.4, 0.5) is 8.78 Å². The number of nitrogens with zero attached hydrogens (tertiary/aromatic N) is 1. The summed E-state index contributed by atoms with van der Waals surface area (Å²) < 4.78 is 25.6. The Kier molecular flexibility index (Phi) is 2.95. The van der Waals surface area contributed by atoms with Crippen LogP contribution in [-0.4, -0.2) is 4.98 Å². The van der Waals surface area contributed by atoms with E-state index < -0.39 is 11.8 Å². The molecule has 16 heavy (non-hydrogen) atoms. The van der Waals surface area contributed by atoms with E-state index in [1.165, 1.54) is 11.8 Å². The molecule has 2 rings (SSSR count). The Bertz CT molecular complexity index is 492. The minimum absolute atomic E-state index is 0.585. The quantitative estimate of drug-likeness (QED) is 0.703. The van der Waals surface area contributed by atoms with Gasteiger partial charge in [-0.1, -0.05) is 31.2 Å². The van der Waals surface area contributed by atoms with Crippen molar-refractivity contribution >= 4 is 0 Å². The zero-order chi connectivity index (χ0) is 11.5. The molecule has 1 heterocycles. The van der Waals surface area contributed by atoms with Crippen molar-refractivity contribution in [2.75, 3.05) is 0 Å². The van der Waals surface area contributed by atoms with Crippen molar-refractivity contribution in [2.24, 2.45) is 0 Å². The predicted molar refractivity (Wildman–Crippen MR) is 59.0 cm³/mol. The van der Waals surface area contributed by atoms with Crippen molar-refractivity contribution in [3.05, 3.63) is 53.9 Å². The summed E-state index contributed by atoms with van der Waals surface area (Å²) in [5.41, 5.74) is 2.63. The fraction of sp³-hybridized carbons (Fsp3) is 0.154. The Morgan fingerprint density at radius 2 is 1.75 bits per heavy atom. The first-order chi connectivity index (χ1) is 7.70. The first kappa shape index (κ1) is 10.7. The number of halogens is 2. The number of hydrogen-bond donors (Lipinski definition) is 0. The van der Waals surface area contributed by atoms with Crippen LogP contribution in [0.1, 0.15) is 12.5 Å². The van der Waals surface area contributed by atoms with Gasteiger partial charge in [0, 0.05) is 11.8 Å². The van der Waals surface area contributed by atoms with E-state index >= 15 is 0 Å². The Labute approximate surface area is 92.8 Å². The highest BCUT2D eigenvalue weighted by Gasteiger charge is 2.05. The Hall–Kier alpha value is -1.77. The maximum atomic E-state index is 13.0. The molecule has 0 saturated heterocycles. The molecule has 0 atom stereocenters. The molecule has 0 bridgehead atoms. The zero-order valence-electron chi connectivity index (χ0n) is 8.87. The molecule has 1 aromatic heterocycles. The lowest BCUT2D eigenvalue weighted by molar-refractivity contribution is 0.480. The van der Waals surface area contributed by atoms with E-state index in [4.69, 9.17) is 0 Å². The number of aryl methyl sites for hydroxylation is 1. The van der Waals surface area contributed by atoms with Crippen molar-refractivity contribution in [2.45, 2.75) is 13.3 Å². The van der Waals surface area contributed by atoms with Crippen molar-refractivity contribution in [3.63, 3.8) is 0 Å². The summed E-state index contributed by atoms with van der Waals surface area (Å²) in [5, 5.41) is 0. The fourth-order valence-electron chi connectivity index (χ4n) is 1.51. The summed E-state index contributed by atoms with van der Waals surface area (Å²) >= 11 is 0. The zero-order valence-corrected chi connectivity index (χ0v) is 8.87. The van der Waals surface area contributed by atoms with Gasteiger partial charge in [-0.25, -0.2) is 9.37 Å². The normalized spacial score (nSPS) is 10.4. The average Bonchev–Trinajstić information content (AvgIpc) is 2.33. The van der Waals surface area contributed by atoms with Crippen molar-refractivity contribution in [1.82, 2.24) is 4.98 Å². The Morgan fingerprint density at radius 1 is 1.06 bits per heavy atom. The lowest BCUT2D eigenvalue weighted by Gasteiger charge is -2.03. The molecule has 0 aliphatic rings. The SMILES string of the molecule is CCc1ccc(-c2cnc(F)c(F)c2)cc1. The van der Waals surface area contributed by atoms with E-state index in [2.05, 4.69) is 11.9 Å². The van der Waals surface area contributed by atoms with Crippen LogP contribution in [0.2, 0.25) is 0 Å². The third-order valence-corrected chi connectivity index (χ3v) is 2.49. The maximum absolute atomic E-state index is 13.0. The largest absolute Gasteiger partial charge is 0.248 e. The van der Waals surface area contributed by atoms with Gasteiger partial charge in [0.1, 0.15) is 0 Å². The second-order valence-corrected chi connectivity index (χ2v) is 3.55. The number of hydrogen-bond acceptors (Lipinski definition) is 1. The average molecular weight is 219 g/mol. The molecule has 0 amide bonds. The number of benzene rings is 1. The third-order valence-electron chi connectivity index (χ3n) is 2.49. The van der Waals surface area contributed by atoms with Crippen LogP contribution in [0.25, 0.3) is 11.1 Å². The minimum atomic E-state index is -1.06. The van der Waals surface area contributed by atoms with Crippen LogP contribution in [0.3, 0.4) is 0 Å². The number of pyridine rings is 1. The molecule has 0 unspecified atom stereocenters. The van der Waals surface area contributed by atoms with Gasteiger partial charge in [0.2, 0.25) is 5.95 Å². The monoisotopic (exact) mass is 219 g/mol. The van der Waals surface area contributed by atoms with Crippen LogP contribution in [-0.2, 0) is 6.42 Å². The molecule has 2 aromatic rings. The first-order valence-corrected chi connectivity index (χ1v) is 5.11. The molecule has 0 saturated carbocycles. The Morgan fingerprint density at radius 3 is 2.31 bits per heavy atom. The lowest BCUT2D eigenvalue weighted by atomic mass is 10.0. The number of rotatable bonds is 2. The van der Waals surface area contributed by atoms with Crippen LogP contribution in [0.5, 0.6) is 0 Å². The second-order valence-electron chi connectivity index (χ2n) is 3.55. The van der Waals surface area contributed by atoms with Gasteiger partial charge in [0.05, 0.1) is 0 Å². The van der Waals surface area contributed by atoms with Gasteiger partial charge in [0.15, 0.2) is 5.82 Å². The van der Waals surface area contributed by atoms with Gasteiger partial charge >= 0.3 is 0 Å². The smallest absolute Gasteiger partial charge is 0.225 e. The van der Waals surface area contributed by atoms with Crippen molar-refractivity contribution in [3.8, 4) is 11.1 Å². The van der Waals surface area contributed by atoms with Gasteiger partial charge in [-0.05, 0) is 23.6 Å². The van der Waals surface area contributed by atoms with Crippen molar-refractivity contribution in [1.29, 1.82) is 0 Å². The highest BCUT2D eigenvalue weighted by Crippen LogP contribution is 2.20. The second kappa shape index (κ2) is 4.39. The van der Waals surface area contributed by atoms with Crippen LogP contribution >= 0.6 is 0 Å². The molecule has 0 radical (unpaired) electrons. The summed E-state index contributed by atoms with van der Waals surface area (Å²) in [5.74, 6) is -1.98. The molecular weight excluding hydrogens is 208 g/mol. The molecule has 0 aliphatic heterocycles. The number of aromatic nitrogens is 1. The van der Waals surface area contributed by atoms with E-state index in [9.17, 15) is 8.78 Å². The molecule has 82 valence electrons. The van der Waals surface area contributed by atoms with Crippen LogP contribution in [0.15, 0.2) is 36.5 Å². The van der Waals surface area contributed by atoms with Gasteiger partial charge in [0.25, 0.3) is 0 Å². The summed E-state index contributed by atoms with van der Waals surface area (Å²) in [4.78, 5) is 3.36. The summed E-state index contributed by atoms with van der Waals surface area (Å²) in [6.07, 6.45) is 2.29. The van der Waals surface area contributed by atoms with E-state index in [1.807, 2.05) is 24.3 Å². The molecule has 3 heteroatoms. The maximum Gasteiger partial charge on any atom is 0.248 e. The summed E-state index contributed by atoms with van der Waals surface area (Å²) in [6, 6.07) is 8.86. The molecular formula is C13H11F2N. The van der Waals surface area contributed by atoms with Gasteiger partial charge < -0.3 is 0 Å². The summed E-state index contributed by atoms with van der Waals surface area (Å²) in [7, 11) is 0. The molecule has 0 N–H and O–H groups in total. The predicted octanol–water partition coefficient (Wildman–Crippen LogP) is 3.59. The molecule has 0 fully saturated rings. The van der Waals surface area contributed by atoms with Crippen LogP contribution < -0.4 is 0 Å². The van der Waals surface area contributed by atoms with Gasteiger partial charge in [-0.3, -0.25) is 0 Å². The fourth-order valence-corrected chi connectivity index (χ4v) is 1.51. The molecule has 0 spiro atoms. The first-order valence-electron chi connectivity index (χ1n) is 5.11. The van der Waals surface area contributed by atoms with E-state index in [-0.39, 0.29) is 0 Å². The van der Waals surface area contributed by atoms with Crippen molar-refractivity contribution < 1.29 is 8.78 Å². The lowest BCUT2D eigenvalue weighted by Crippen LogP contribution is -1.90. The van der Waals surface area contributed by atoms with Gasteiger partial charge in [-0.2, -0.15) is 4.39 Å². The molecule has 0 aliphatic carbocycles. The third kappa shape index (κ3) is 2.08. The molecule has 1 aromatic carbocycles. The summed E-state index contributed by atoms with van der Waals surface area (Å²) in [6.45, 7) is 2.06. The van der Waals surface area contributed by atoms with Crippen LogP contribution in [0, 0.1) is 11.8 Å².